The minimum atomic E-state index is 0.128. The second-order valence-corrected chi connectivity index (χ2v) is 5.54. The molecule has 1 aliphatic heterocycles. The van der Waals surface area contributed by atoms with Crippen molar-refractivity contribution in [2.45, 2.75) is 46.1 Å². The molecule has 20 heavy (non-hydrogen) atoms. The van der Waals surface area contributed by atoms with Gasteiger partial charge < -0.3 is 15.4 Å². The number of aryl methyl sites for hydroxylation is 1. The van der Waals surface area contributed by atoms with Gasteiger partial charge in [-0.05, 0) is 25.7 Å². The summed E-state index contributed by atoms with van der Waals surface area (Å²) in [5, 5.41) is 9.63. The molecular weight excluding hydrogens is 254 g/mol. The van der Waals surface area contributed by atoms with Crippen LogP contribution in [0.2, 0.25) is 0 Å². The summed E-state index contributed by atoms with van der Waals surface area (Å²) in [5.41, 5.74) is 3.61. The summed E-state index contributed by atoms with van der Waals surface area (Å²) in [6.07, 6.45) is 2.89. The molecule has 2 heterocycles. The fraction of sp³-hybridized carbons (Fsp3) is 0.714. The van der Waals surface area contributed by atoms with Gasteiger partial charge in [-0.25, -0.2) is 15.8 Å². The highest BCUT2D eigenvalue weighted by atomic mass is 16.3. The van der Waals surface area contributed by atoms with E-state index in [9.17, 15) is 5.11 Å². The van der Waals surface area contributed by atoms with Crippen LogP contribution in [0, 0.1) is 12.8 Å². The van der Waals surface area contributed by atoms with E-state index in [1.807, 2.05) is 6.92 Å². The first-order valence-electron chi connectivity index (χ1n) is 7.34. The van der Waals surface area contributed by atoms with E-state index in [1.165, 1.54) is 0 Å². The molecule has 0 saturated carbocycles. The third kappa shape index (κ3) is 2.71. The first-order chi connectivity index (χ1) is 9.62. The monoisotopic (exact) mass is 279 g/mol. The van der Waals surface area contributed by atoms with Gasteiger partial charge in [0.15, 0.2) is 0 Å². The number of aliphatic hydroxyl groups excluding tert-OH is 1. The number of hydrogen-bond donors (Lipinski definition) is 3. The van der Waals surface area contributed by atoms with E-state index in [4.69, 9.17) is 10.8 Å². The van der Waals surface area contributed by atoms with Crippen LogP contribution < -0.4 is 16.2 Å². The number of aromatic nitrogens is 2. The Labute approximate surface area is 120 Å². The van der Waals surface area contributed by atoms with Crippen LogP contribution in [0.5, 0.6) is 0 Å². The number of nitrogen functional groups attached to an aromatic ring is 1. The molecule has 1 fully saturated rings. The topological polar surface area (TPSA) is 87.3 Å². The Balaban J connectivity index is 2.41. The molecule has 112 valence electrons. The van der Waals surface area contributed by atoms with E-state index in [-0.39, 0.29) is 12.6 Å². The summed E-state index contributed by atoms with van der Waals surface area (Å²) in [7, 11) is 0. The van der Waals surface area contributed by atoms with Gasteiger partial charge in [0, 0.05) is 18.5 Å². The molecule has 2 unspecified atom stereocenters. The van der Waals surface area contributed by atoms with Crippen LogP contribution in [0.4, 0.5) is 11.6 Å². The van der Waals surface area contributed by atoms with Gasteiger partial charge in [0.25, 0.3) is 0 Å². The molecule has 0 bridgehead atoms. The van der Waals surface area contributed by atoms with Crippen molar-refractivity contribution in [2.24, 2.45) is 11.8 Å². The smallest absolute Gasteiger partial charge is 0.148 e. The molecule has 2 rings (SSSR count). The molecule has 0 aromatic carbocycles. The van der Waals surface area contributed by atoms with Gasteiger partial charge in [0.2, 0.25) is 0 Å². The normalized spacial score (nSPS) is 22.4. The predicted octanol–water partition coefficient (Wildman–Crippen LogP) is 1.23. The number of nitrogens with two attached hydrogens (primary N) is 1. The lowest BCUT2D eigenvalue weighted by Crippen LogP contribution is -2.36. The van der Waals surface area contributed by atoms with E-state index in [1.54, 1.807) is 0 Å². The minimum absolute atomic E-state index is 0.128. The highest BCUT2D eigenvalue weighted by Gasteiger charge is 2.33. The summed E-state index contributed by atoms with van der Waals surface area (Å²) >= 11 is 0. The minimum Gasteiger partial charge on any atom is -0.394 e. The average molecular weight is 279 g/mol. The molecule has 2 atom stereocenters. The van der Waals surface area contributed by atoms with E-state index < -0.39 is 0 Å². The lowest BCUT2D eigenvalue weighted by molar-refractivity contribution is 0.244. The number of nitrogens with one attached hydrogen (secondary N) is 1. The molecule has 6 heteroatoms. The van der Waals surface area contributed by atoms with Crippen molar-refractivity contribution in [1.29, 1.82) is 0 Å². The largest absolute Gasteiger partial charge is 0.394 e. The lowest BCUT2D eigenvalue weighted by Gasteiger charge is -2.28. The molecule has 0 amide bonds. The standard InChI is InChI=1S/C14H25N5O/c1-4-5-12-16-13(18-15)10(3)14(17-12)19-7-6-9(2)11(19)8-20/h9,11,20H,4-8,15H2,1-3H3,(H,16,17,18). The predicted molar refractivity (Wildman–Crippen MR) is 80.6 cm³/mol. The molecular formula is C14H25N5O. The summed E-state index contributed by atoms with van der Waals surface area (Å²) in [5.74, 6) is 8.42. The average Bonchev–Trinajstić information content (AvgIpc) is 2.81. The van der Waals surface area contributed by atoms with Gasteiger partial charge in [-0.3, -0.25) is 0 Å². The van der Waals surface area contributed by atoms with Crippen molar-refractivity contribution < 1.29 is 5.11 Å². The van der Waals surface area contributed by atoms with Crippen molar-refractivity contribution >= 4 is 11.6 Å². The molecule has 1 aliphatic rings. The second kappa shape index (κ2) is 6.37. The van der Waals surface area contributed by atoms with Crippen LogP contribution in [0.25, 0.3) is 0 Å². The third-order valence-corrected chi connectivity index (χ3v) is 4.12. The van der Waals surface area contributed by atoms with Crippen molar-refractivity contribution in [3.63, 3.8) is 0 Å². The molecule has 4 N–H and O–H groups in total. The van der Waals surface area contributed by atoms with E-state index in [2.05, 4.69) is 29.2 Å². The number of aliphatic hydroxyl groups is 1. The van der Waals surface area contributed by atoms with Gasteiger partial charge in [-0.15, -0.1) is 0 Å². The fourth-order valence-electron chi connectivity index (χ4n) is 2.86. The summed E-state index contributed by atoms with van der Waals surface area (Å²) in [4.78, 5) is 11.3. The zero-order valence-corrected chi connectivity index (χ0v) is 12.6. The van der Waals surface area contributed by atoms with Crippen LogP contribution in [-0.2, 0) is 6.42 Å². The molecule has 1 saturated heterocycles. The zero-order valence-electron chi connectivity index (χ0n) is 12.6. The Kier molecular flexibility index (Phi) is 4.77. The Morgan fingerprint density at radius 1 is 1.45 bits per heavy atom. The molecule has 0 radical (unpaired) electrons. The molecule has 6 nitrogen and oxygen atoms in total. The van der Waals surface area contributed by atoms with Crippen LogP contribution in [0.3, 0.4) is 0 Å². The van der Waals surface area contributed by atoms with Crippen LogP contribution in [-0.4, -0.2) is 34.3 Å². The summed E-state index contributed by atoms with van der Waals surface area (Å²) < 4.78 is 0. The number of hydrazine groups is 1. The number of rotatable bonds is 5. The number of anilines is 2. The second-order valence-electron chi connectivity index (χ2n) is 5.54. The lowest BCUT2D eigenvalue weighted by atomic mass is 10.0. The fourth-order valence-corrected chi connectivity index (χ4v) is 2.86. The van der Waals surface area contributed by atoms with Gasteiger partial charge in [-0.1, -0.05) is 13.8 Å². The van der Waals surface area contributed by atoms with Crippen molar-refractivity contribution in [1.82, 2.24) is 9.97 Å². The van der Waals surface area contributed by atoms with Crippen molar-refractivity contribution in [3.8, 4) is 0 Å². The number of hydrogen-bond acceptors (Lipinski definition) is 6. The van der Waals surface area contributed by atoms with E-state index >= 15 is 0 Å². The molecule has 0 spiro atoms. The third-order valence-electron chi connectivity index (χ3n) is 4.12. The van der Waals surface area contributed by atoms with Crippen LogP contribution in [0.15, 0.2) is 0 Å². The summed E-state index contributed by atoms with van der Waals surface area (Å²) in [6.45, 7) is 7.32. The maximum absolute atomic E-state index is 9.63. The Hall–Kier alpha value is -1.40. The first-order valence-corrected chi connectivity index (χ1v) is 7.34. The van der Waals surface area contributed by atoms with Gasteiger partial charge in [0.1, 0.15) is 17.5 Å². The van der Waals surface area contributed by atoms with Crippen molar-refractivity contribution in [2.75, 3.05) is 23.5 Å². The maximum Gasteiger partial charge on any atom is 0.148 e. The Bertz CT molecular complexity index is 465. The molecule has 0 aliphatic carbocycles. The summed E-state index contributed by atoms with van der Waals surface area (Å²) in [6, 6.07) is 0.128. The zero-order chi connectivity index (χ0) is 14.7. The number of nitrogens with zero attached hydrogens (tertiary/aromatic N) is 3. The molecule has 1 aromatic heterocycles. The van der Waals surface area contributed by atoms with E-state index in [0.29, 0.717) is 11.7 Å². The SMILES string of the molecule is CCCc1nc(NN)c(C)c(N2CCC(C)C2CO)n1. The van der Waals surface area contributed by atoms with Crippen LogP contribution >= 0.6 is 0 Å². The first kappa shape index (κ1) is 15.0. The highest BCUT2D eigenvalue weighted by Crippen LogP contribution is 2.32. The van der Waals surface area contributed by atoms with Gasteiger partial charge >= 0.3 is 0 Å². The quantitative estimate of drug-likeness (QED) is 0.555. The Morgan fingerprint density at radius 2 is 2.20 bits per heavy atom. The van der Waals surface area contributed by atoms with E-state index in [0.717, 1.165) is 43.0 Å². The highest BCUT2D eigenvalue weighted by molar-refractivity contribution is 5.59. The van der Waals surface area contributed by atoms with Crippen molar-refractivity contribution in [3.05, 3.63) is 11.4 Å². The van der Waals surface area contributed by atoms with Gasteiger partial charge in [-0.2, -0.15) is 0 Å². The van der Waals surface area contributed by atoms with Gasteiger partial charge in [0.05, 0.1) is 12.6 Å². The molecule has 1 aromatic rings. The maximum atomic E-state index is 9.63. The van der Waals surface area contributed by atoms with Crippen LogP contribution in [0.1, 0.15) is 38.1 Å². The Morgan fingerprint density at radius 3 is 2.80 bits per heavy atom.